The summed E-state index contributed by atoms with van der Waals surface area (Å²) in [5.74, 6) is -0.982. The highest BCUT2D eigenvalue weighted by molar-refractivity contribution is 7.81. The van der Waals surface area contributed by atoms with Gasteiger partial charge in [-0.25, -0.2) is 4.79 Å². The third-order valence-corrected chi connectivity index (χ3v) is 3.21. The fourth-order valence-corrected chi connectivity index (χ4v) is 2.04. The number of hydrogen-bond donors (Lipinski definition) is 2. The fraction of sp³-hybridized carbons (Fsp3) is 0.0769. The first-order chi connectivity index (χ1) is 8.58. The molecule has 0 spiro atoms. The van der Waals surface area contributed by atoms with Crippen LogP contribution in [0.15, 0.2) is 48.1 Å². The number of hydrogen-bond acceptors (Lipinski definition) is 3. The predicted octanol–water partition coefficient (Wildman–Crippen LogP) is 3.07. The molecule has 0 aromatic heterocycles. The number of para-hydroxylation sites is 1. The van der Waals surface area contributed by atoms with Gasteiger partial charge < -0.3 is 10.4 Å². The van der Waals surface area contributed by atoms with Crippen molar-refractivity contribution in [1.29, 1.82) is 0 Å². The summed E-state index contributed by atoms with van der Waals surface area (Å²) in [7, 11) is 0. The van der Waals surface area contributed by atoms with Crippen LogP contribution in [0.2, 0.25) is 5.02 Å². The van der Waals surface area contributed by atoms with E-state index in [4.69, 9.17) is 28.9 Å². The molecule has 1 unspecified atom stereocenters. The van der Waals surface area contributed by atoms with E-state index >= 15 is 0 Å². The normalized spacial score (nSPS) is 18.4. The second-order valence-corrected chi connectivity index (χ2v) is 4.65. The molecule has 1 aliphatic rings. The van der Waals surface area contributed by atoms with Crippen molar-refractivity contribution in [2.24, 2.45) is 0 Å². The lowest BCUT2D eigenvalue weighted by Gasteiger charge is -2.19. The molecule has 1 aliphatic carbocycles. The topological polar surface area (TPSA) is 49.3 Å². The first kappa shape index (κ1) is 12.8. The van der Waals surface area contributed by atoms with Gasteiger partial charge in [-0.3, -0.25) is 0 Å². The van der Waals surface area contributed by atoms with Crippen molar-refractivity contribution in [3.8, 4) is 0 Å². The van der Waals surface area contributed by atoms with Gasteiger partial charge in [0.25, 0.3) is 0 Å². The summed E-state index contributed by atoms with van der Waals surface area (Å²) in [5, 5.41) is 12.6. The summed E-state index contributed by atoms with van der Waals surface area (Å²) in [5.41, 5.74) is 0.959. The van der Waals surface area contributed by atoms with Crippen LogP contribution in [0, 0.1) is 0 Å². The van der Waals surface area contributed by atoms with Crippen molar-refractivity contribution in [2.45, 2.75) is 6.04 Å². The number of thiocarbonyl (C=S) groups is 1. The van der Waals surface area contributed by atoms with Crippen LogP contribution in [-0.2, 0) is 4.79 Å². The number of benzene rings is 1. The molecule has 0 aliphatic heterocycles. The number of anilines is 1. The second kappa shape index (κ2) is 5.33. The van der Waals surface area contributed by atoms with E-state index < -0.39 is 5.97 Å². The van der Waals surface area contributed by atoms with Gasteiger partial charge in [0.15, 0.2) is 0 Å². The summed E-state index contributed by atoms with van der Waals surface area (Å²) in [6.07, 6.45) is 4.73. The van der Waals surface area contributed by atoms with E-state index in [9.17, 15) is 4.79 Å². The van der Waals surface area contributed by atoms with Crippen LogP contribution in [0.25, 0.3) is 0 Å². The molecule has 2 rings (SSSR count). The summed E-state index contributed by atoms with van der Waals surface area (Å²) in [4.78, 5) is 11.3. The van der Waals surface area contributed by atoms with E-state index in [1.54, 1.807) is 12.1 Å². The Labute approximate surface area is 115 Å². The predicted molar refractivity (Wildman–Crippen MR) is 76.3 cm³/mol. The molecule has 1 atom stereocenters. The van der Waals surface area contributed by atoms with Gasteiger partial charge in [0, 0.05) is 4.86 Å². The molecule has 3 nitrogen and oxygen atoms in total. The summed E-state index contributed by atoms with van der Waals surface area (Å²) in [6.45, 7) is 0. The molecule has 92 valence electrons. The molecule has 2 N–H and O–H groups in total. The van der Waals surface area contributed by atoms with Gasteiger partial charge in [0.2, 0.25) is 0 Å². The van der Waals surface area contributed by atoms with Gasteiger partial charge in [-0.15, -0.1) is 0 Å². The zero-order valence-corrected chi connectivity index (χ0v) is 10.8. The first-order valence-electron chi connectivity index (χ1n) is 5.26. The van der Waals surface area contributed by atoms with Gasteiger partial charge in [0.05, 0.1) is 22.3 Å². The Bertz CT molecular complexity index is 566. The van der Waals surface area contributed by atoms with Crippen molar-refractivity contribution in [2.75, 3.05) is 5.32 Å². The zero-order chi connectivity index (χ0) is 13.1. The highest BCUT2D eigenvalue weighted by Crippen LogP contribution is 2.23. The number of carbonyl (C=O) groups is 1. The highest BCUT2D eigenvalue weighted by Gasteiger charge is 2.17. The smallest absolute Gasteiger partial charge is 0.335 e. The molecule has 0 saturated carbocycles. The molecule has 0 bridgehead atoms. The quantitative estimate of drug-likeness (QED) is 0.835. The first-order valence-corrected chi connectivity index (χ1v) is 6.04. The largest absolute Gasteiger partial charge is 0.478 e. The SMILES string of the molecule is O=C(O)C1=CC(=S)C(Nc2ccccc2Cl)C=C1. The number of nitrogens with one attached hydrogen (secondary N) is 1. The van der Waals surface area contributed by atoms with Crippen LogP contribution in [0.3, 0.4) is 0 Å². The maximum atomic E-state index is 10.8. The fourth-order valence-electron chi connectivity index (χ4n) is 1.58. The Morgan fingerprint density at radius 3 is 2.72 bits per heavy atom. The van der Waals surface area contributed by atoms with Crippen molar-refractivity contribution < 1.29 is 9.90 Å². The number of carboxylic acid groups (broad SMARTS) is 1. The van der Waals surface area contributed by atoms with Crippen molar-refractivity contribution in [3.63, 3.8) is 0 Å². The number of aliphatic carboxylic acids is 1. The number of rotatable bonds is 3. The summed E-state index contributed by atoms with van der Waals surface area (Å²) in [6, 6.07) is 7.10. The van der Waals surface area contributed by atoms with E-state index in [1.807, 2.05) is 18.2 Å². The molecule has 5 heteroatoms. The standard InChI is InChI=1S/C13H10ClNO2S/c14-9-3-1-2-4-10(9)15-11-6-5-8(13(16)17)7-12(11)18/h1-7,11,15H,(H,16,17). The van der Waals surface area contributed by atoms with Crippen molar-refractivity contribution in [3.05, 3.63) is 53.1 Å². The third kappa shape index (κ3) is 2.78. The maximum absolute atomic E-state index is 10.8. The van der Waals surface area contributed by atoms with Crippen LogP contribution >= 0.6 is 23.8 Å². The summed E-state index contributed by atoms with van der Waals surface area (Å²) < 4.78 is 0. The molecular weight excluding hydrogens is 270 g/mol. The van der Waals surface area contributed by atoms with Crippen LogP contribution in [0.5, 0.6) is 0 Å². The Balaban J connectivity index is 2.15. The molecule has 0 saturated heterocycles. The molecule has 1 aromatic rings. The van der Waals surface area contributed by atoms with Crippen molar-refractivity contribution in [1.82, 2.24) is 0 Å². The minimum Gasteiger partial charge on any atom is -0.478 e. The Hall–Kier alpha value is -1.65. The Morgan fingerprint density at radius 2 is 2.11 bits per heavy atom. The second-order valence-electron chi connectivity index (χ2n) is 3.77. The van der Waals surface area contributed by atoms with Gasteiger partial charge in [-0.1, -0.05) is 42.0 Å². The average molecular weight is 280 g/mol. The minimum atomic E-state index is -0.982. The molecule has 0 radical (unpaired) electrons. The van der Waals surface area contributed by atoms with Crippen molar-refractivity contribution >= 4 is 40.3 Å². The van der Waals surface area contributed by atoms with E-state index in [2.05, 4.69) is 5.32 Å². The maximum Gasteiger partial charge on any atom is 0.335 e. The molecule has 0 fully saturated rings. The van der Waals surface area contributed by atoms with Gasteiger partial charge in [-0.05, 0) is 24.3 Å². The monoisotopic (exact) mass is 279 g/mol. The average Bonchev–Trinajstić information content (AvgIpc) is 2.34. The molecule has 1 aromatic carbocycles. The number of carboxylic acids is 1. The van der Waals surface area contributed by atoms with E-state index in [-0.39, 0.29) is 11.6 Å². The zero-order valence-electron chi connectivity index (χ0n) is 9.26. The third-order valence-electron chi connectivity index (χ3n) is 2.50. The van der Waals surface area contributed by atoms with Crippen LogP contribution in [-0.4, -0.2) is 22.0 Å². The Kier molecular flexibility index (Phi) is 3.79. The van der Waals surface area contributed by atoms with Gasteiger partial charge in [0.1, 0.15) is 0 Å². The Morgan fingerprint density at radius 1 is 1.39 bits per heavy atom. The highest BCUT2D eigenvalue weighted by atomic mass is 35.5. The van der Waals surface area contributed by atoms with E-state index in [0.29, 0.717) is 9.89 Å². The van der Waals surface area contributed by atoms with Gasteiger partial charge >= 0.3 is 5.97 Å². The molecule has 0 amide bonds. The van der Waals surface area contributed by atoms with Crippen LogP contribution < -0.4 is 5.32 Å². The molecule has 0 heterocycles. The number of halogens is 1. The van der Waals surface area contributed by atoms with E-state index in [0.717, 1.165) is 5.69 Å². The van der Waals surface area contributed by atoms with Gasteiger partial charge in [-0.2, -0.15) is 0 Å². The van der Waals surface area contributed by atoms with E-state index in [1.165, 1.54) is 12.2 Å². The minimum absolute atomic E-state index is 0.192. The van der Waals surface area contributed by atoms with Crippen LogP contribution in [0.4, 0.5) is 5.69 Å². The lowest BCUT2D eigenvalue weighted by Crippen LogP contribution is -2.27. The summed E-state index contributed by atoms with van der Waals surface area (Å²) >= 11 is 11.2. The lowest BCUT2D eigenvalue weighted by atomic mass is 10.0. The molecule has 18 heavy (non-hydrogen) atoms. The lowest BCUT2D eigenvalue weighted by molar-refractivity contribution is -0.132. The molecular formula is C13H10ClNO2S. The van der Waals surface area contributed by atoms with Crippen LogP contribution in [0.1, 0.15) is 0 Å².